The highest BCUT2D eigenvalue weighted by atomic mass is 35.5. The Morgan fingerprint density at radius 1 is 1.29 bits per heavy atom. The summed E-state index contributed by atoms with van der Waals surface area (Å²) < 4.78 is 0.517. The Hall–Kier alpha value is -0.930. The van der Waals surface area contributed by atoms with E-state index in [1.807, 2.05) is 30.3 Å². The number of halogens is 2. The zero-order valence-corrected chi connectivity index (χ0v) is 9.16. The van der Waals surface area contributed by atoms with Crippen molar-refractivity contribution >= 4 is 29.6 Å². The Labute approximate surface area is 93.0 Å². The number of urea groups is 1. The molecule has 0 spiro atoms. The molecule has 1 rings (SSSR count). The minimum absolute atomic E-state index is 0.447. The van der Waals surface area contributed by atoms with E-state index in [1.54, 1.807) is 7.05 Å². The molecule has 14 heavy (non-hydrogen) atoms. The predicted octanol–water partition coefficient (Wildman–Crippen LogP) is 2.85. The first kappa shape index (κ1) is 11.1. The van der Waals surface area contributed by atoms with Gasteiger partial charge in [-0.25, -0.2) is 4.79 Å². The van der Waals surface area contributed by atoms with E-state index in [0.29, 0.717) is 10.5 Å². The van der Waals surface area contributed by atoms with Gasteiger partial charge in [0.2, 0.25) is 0 Å². The maximum Gasteiger partial charge on any atom is 0.349 e. The number of hydrogen-bond donors (Lipinski definition) is 0. The molecule has 0 saturated heterocycles. The van der Waals surface area contributed by atoms with E-state index in [-0.39, 0.29) is 0 Å². The SMILES string of the molecule is CN(Cc1ccccc1)C(=O)N(Cl)Cl. The van der Waals surface area contributed by atoms with E-state index >= 15 is 0 Å². The average Bonchev–Trinajstić information content (AvgIpc) is 2.18. The normalized spacial score (nSPS) is 9.64. The molecule has 1 aromatic rings. The van der Waals surface area contributed by atoms with Crippen molar-refractivity contribution in [3.05, 3.63) is 35.9 Å². The first-order valence-electron chi connectivity index (χ1n) is 4.02. The molecule has 0 atom stereocenters. The molecule has 1 aromatic carbocycles. The molecule has 0 aromatic heterocycles. The lowest BCUT2D eigenvalue weighted by atomic mass is 10.2. The van der Waals surface area contributed by atoms with E-state index in [9.17, 15) is 4.79 Å². The second kappa shape index (κ2) is 5.08. The lowest BCUT2D eigenvalue weighted by Gasteiger charge is -2.18. The van der Waals surface area contributed by atoms with Gasteiger partial charge < -0.3 is 4.90 Å². The van der Waals surface area contributed by atoms with E-state index in [0.717, 1.165) is 5.56 Å². The summed E-state index contributed by atoms with van der Waals surface area (Å²) in [6.07, 6.45) is 0. The van der Waals surface area contributed by atoms with Gasteiger partial charge in [0.15, 0.2) is 0 Å². The summed E-state index contributed by atoms with van der Waals surface area (Å²) in [6.45, 7) is 0.482. The van der Waals surface area contributed by atoms with Gasteiger partial charge in [0.05, 0.1) is 0 Å². The van der Waals surface area contributed by atoms with Gasteiger partial charge in [0.25, 0.3) is 0 Å². The van der Waals surface area contributed by atoms with Gasteiger partial charge in [-0.15, -0.1) is 3.94 Å². The fraction of sp³-hybridized carbons (Fsp3) is 0.222. The highest BCUT2D eigenvalue weighted by Crippen LogP contribution is 2.08. The molecule has 0 N–H and O–H groups in total. The van der Waals surface area contributed by atoms with Crippen molar-refractivity contribution in [2.24, 2.45) is 0 Å². The lowest BCUT2D eigenvalue weighted by molar-refractivity contribution is 0.201. The van der Waals surface area contributed by atoms with Crippen LogP contribution in [0.4, 0.5) is 4.79 Å². The molecule has 0 aliphatic heterocycles. The smallest absolute Gasteiger partial charge is 0.321 e. The fourth-order valence-electron chi connectivity index (χ4n) is 1.05. The van der Waals surface area contributed by atoms with Crippen LogP contribution in [0.15, 0.2) is 30.3 Å². The average molecular weight is 233 g/mol. The molecular weight excluding hydrogens is 223 g/mol. The maximum atomic E-state index is 11.2. The van der Waals surface area contributed by atoms with Crippen molar-refractivity contribution in [3.63, 3.8) is 0 Å². The van der Waals surface area contributed by atoms with Crippen LogP contribution in [0.5, 0.6) is 0 Å². The van der Waals surface area contributed by atoms with E-state index in [1.165, 1.54) is 4.90 Å². The number of benzene rings is 1. The van der Waals surface area contributed by atoms with E-state index < -0.39 is 6.03 Å². The Morgan fingerprint density at radius 2 is 1.86 bits per heavy atom. The minimum atomic E-state index is -0.447. The molecule has 0 heterocycles. The lowest BCUT2D eigenvalue weighted by Crippen LogP contribution is -2.30. The molecule has 3 nitrogen and oxygen atoms in total. The number of hydrogen-bond acceptors (Lipinski definition) is 1. The number of carbonyl (C=O) groups is 1. The van der Waals surface area contributed by atoms with E-state index in [4.69, 9.17) is 23.6 Å². The summed E-state index contributed by atoms with van der Waals surface area (Å²) in [4.78, 5) is 12.7. The van der Waals surface area contributed by atoms with Gasteiger partial charge >= 0.3 is 6.03 Å². The summed E-state index contributed by atoms with van der Waals surface area (Å²) in [6, 6.07) is 9.14. The van der Waals surface area contributed by atoms with Crippen LogP contribution in [0.1, 0.15) is 5.56 Å². The predicted molar refractivity (Wildman–Crippen MR) is 56.9 cm³/mol. The third-order valence-corrected chi connectivity index (χ3v) is 2.02. The quantitative estimate of drug-likeness (QED) is 0.720. The highest BCUT2D eigenvalue weighted by molar-refractivity contribution is 6.41. The fourth-order valence-corrected chi connectivity index (χ4v) is 1.31. The molecule has 0 radical (unpaired) electrons. The van der Waals surface area contributed by atoms with Crippen LogP contribution in [0.3, 0.4) is 0 Å². The summed E-state index contributed by atoms with van der Waals surface area (Å²) in [7, 11) is 1.63. The Balaban J connectivity index is 2.57. The van der Waals surface area contributed by atoms with Gasteiger partial charge in [-0.1, -0.05) is 30.3 Å². The molecular formula is C9H10Cl2N2O. The molecule has 0 bridgehead atoms. The van der Waals surface area contributed by atoms with Crippen LogP contribution in [0, 0.1) is 0 Å². The first-order valence-corrected chi connectivity index (χ1v) is 4.69. The monoisotopic (exact) mass is 232 g/mol. The molecule has 0 aliphatic carbocycles. The van der Waals surface area contributed by atoms with Gasteiger partial charge in [-0.2, -0.15) is 0 Å². The molecule has 76 valence electrons. The molecule has 5 heteroatoms. The molecule has 2 amide bonds. The van der Waals surface area contributed by atoms with Gasteiger partial charge in [-0.3, -0.25) is 0 Å². The number of nitrogens with zero attached hydrogens (tertiary/aromatic N) is 2. The van der Waals surface area contributed by atoms with Crippen LogP contribution in [0.2, 0.25) is 0 Å². The van der Waals surface area contributed by atoms with Crippen LogP contribution >= 0.6 is 23.6 Å². The molecule has 0 unspecified atom stereocenters. The second-order valence-electron chi connectivity index (χ2n) is 2.86. The Kier molecular flexibility index (Phi) is 4.04. The minimum Gasteiger partial charge on any atom is -0.321 e. The van der Waals surface area contributed by atoms with Crippen molar-refractivity contribution < 1.29 is 4.79 Å². The molecule has 0 saturated carbocycles. The summed E-state index contributed by atoms with van der Waals surface area (Å²) in [5, 5.41) is 0. The standard InChI is InChI=1S/C9H10Cl2N2O/c1-12(9(14)13(10)11)7-8-5-3-2-4-6-8/h2-6H,7H2,1H3. The van der Waals surface area contributed by atoms with Crippen LogP contribution in [-0.4, -0.2) is 21.9 Å². The maximum absolute atomic E-state index is 11.2. The van der Waals surface area contributed by atoms with Gasteiger partial charge in [0.1, 0.15) is 0 Å². The Morgan fingerprint density at radius 3 is 2.36 bits per heavy atom. The zero-order chi connectivity index (χ0) is 10.6. The number of amides is 2. The van der Waals surface area contributed by atoms with Crippen LogP contribution in [-0.2, 0) is 6.54 Å². The zero-order valence-electron chi connectivity index (χ0n) is 7.65. The van der Waals surface area contributed by atoms with Crippen molar-refractivity contribution in [1.82, 2.24) is 8.84 Å². The third kappa shape index (κ3) is 3.09. The molecule has 0 aliphatic rings. The summed E-state index contributed by atoms with van der Waals surface area (Å²) >= 11 is 10.6. The van der Waals surface area contributed by atoms with Gasteiger partial charge in [-0.05, 0) is 5.56 Å². The number of rotatable bonds is 2. The van der Waals surface area contributed by atoms with Gasteiger partial charge in [0, 0.05) is 37.1 Å². The van der Waals surface area contributed by atoms with Crippen LogP contribution < -0.4 is 0 Å². The first-order chi connectivity index (χ1) is 6.61. The van der Waals surface area contributed by atoms with Crippen molar-refractivity contribution in [2.45, 2.75) is 6.54 Å². The van der Waals surface area contributed by atoms with Crippen molar-refractivity contribution in [2.75, 3.05) is 7.05 Å². The van der Waals surface area contributed by atoms with Crippen molar-refractivity contribution in [1.29, 1.82) is 0 Å². The van der Waals surface area contributed by atoms with Crippen LogP contribution in [0.25, 0.3) is 0 Å². The second-order valence-corrected chi connectivity index (χ2v) is 3.71. The highest BCUT2D eigenvalue weighted by Gasteiger charge is 2.13. The van der Waals surface area contributed by atoms with Crippen molar-refractivity contribution in [3.8, 4) is 0 Å². The summed E-state index contributed by atoms with van der Waals surface area (Å²) in [5.41, 5.74) is 1.03. The van der Waals surface area contributed by atoms with E-state index in [2.05, 4.69) is 0 Å². The third-order valence-electron chi connectivity index (χ3n) is 1.73. The topological polar surface area (TPSA) is 23.6 Å². The largest absolute Gasteiger partial charge is 0.349 e. The summed E-state index contributed by atoms with van der Waals surface area (Å²) in [5.74, 6) is 0. The Bertz CT molecular complexity index is 303. The number of carbonyl (C=O) groups excluding carboxylic acids is 1. The molecule has 0 fully saturated rings.